The topological polar surface area (TPSA) is 44.7 Å². The maximum Gasteiger partial charge on any atom is 0.169 e. The smallest absolute Gasteiger partial charge is 0.169 e. The van der Waals surface area contributed by atoms with Gasteiger partial charge in [-0.2, -0.15) is 0 Å². The van der Waals surface area contributed by atoms with Crippen molar-refractivity contribution >= 4 is 17.3 Å². The number of phenolic OH excluding ortho intramolecular Hbond substituents is 1. The van der Waals surface area contributed by atoms with Gasteiger partial charge in [0.1, 0.15) is 11.5 Å². The molecule has 3 aromatic rings. The minimum atomic E-state index is 0.259. The summed E-state index contributed by atoms with van der Waals surface area (Å²) in [5, 5.41) is 13.6. The average molecular weight is 393 g/mol. The molecule has 2 N–H and O–H groups in total. The summed E-state index contributed by atoms with van der Waals surface area (Å²) in [5.41, 5.74) is 3.40. The first-order valence-corrected chi connectivity index (χ1v) is 9.52. The lowest BCUT2D eigenvalue weighted by Crippen LogP contribution is -2.38. The number of phenols is 1. The molecular weight excluding hydrogens is 368 g/mol. The second-order valence-corrected chi connectivity index (χ2v) is 6.90. The standard InChI is InChI=1S/C23H24N2O2S/c1-27-22-13-9-20(10-14-22)17-25(16-19-7-11-21(26)12-8-19)23(28)24-15-18-5-3-2-4-6-18/h2-14,26H,15-17H2,1H3,(H,24,28). The van der Waals surface area contributed by atoms with Crippen molar-refractivity contribution < 1.29 is 9.84 Å². The van der Waals surface area contributed by atoms with E-state index in [0.717, 1.165) is 16.9 Å². The van der Waals surface area contributed by atoms with Crippen LogP contribution in [0.25, 0.3) is 0 Å². The molecule has 0 atom stereocenters. The van der Waals surface area contributed by atoms with Crippen LogP contribution in [0.2, 0.25) is 0 Å². The van der Waals surface area contributed by atoms with E-state index in [1.807, 2.05) is 54.6 Å². The Hall–Kier alpha value is -3.05. The largest absolute Gasteiger partial charge is 0.508 e. The third-order valence-corrected chi connectivity index (χ3v) is 4.82. The number of hydrogen-bond donors (Lipinski definition) is 2. The lowest BCUT2D eigenvalue weighted by molar-refractivity contribution is 0.396. The molecule has 0 radical (unpaired) electrons. The van der Waals surface area contributed by atoms with Gasteiger partial charge >= 0.3 is 0 Å². The van der Waals surface area contributed by atoms with Crippen molar-refractivity contribution in [1.82, 2.24) is 10.2 Å². The van der Waals surface area contributed by atoms with Gasteiger partial charge in [-0.05, 0) is 53.2 Å². The lowest BCUT2D eigenvalue weighted by atomic mass is 10.1. The Kier molecular flexibility index (Phi) is 6.87. The van der Waals surface area contributed by atoms with Gasteiger partial charge in [0.2, 0.25) is 0 Å². The van der Waals surface area contributed by atoms with Crippen LogP contribution in [0.3, 0.4) is 0 Å². The fraction of sp³-hybridized carbons (Fsp3) is 0.174. The van der Waals surface area contributed by atoms with Gasteiger partial charge in [0, 0.05) is 19.6 Å². The predicted molar refractivity (Wildman–Crippen MR) is 116 cm³/mol. The maximum absolute atomic E-state index is 9.53. The van der Waals surface area contributed by atoms with Gasteiger partial charge in [0.15, 0.2) is 5.11 Å². The van der Waals surface area contributed by atoms with Crippen molar-refractivity contribution in [2.45, 2.75) is 19.6 Å². The van der Waals surface area contributed by atoms with Crippen molar-refractivity contribution in [1.29, 1.82) is 0 Å². The van der Waals surface area contributed by atoms with E-state index in [-0.39, 0.29) is 5.75 Å². The molecule has 0 unspecified atom stereocenters. The van der Waals surface area contributed by atoms with Gasteiger partial charge in [-0.15, -0.1) is 0 Å². The van der Waals surface area contributed by atoms with Gasteiger partial charge in [-0.25, -0.2) is 0 Å². The number of ether oxygens (including phenoxy) is 1. The highest BCUT2D eigenvalue weighted by molar-refractivity contribution is 7.80. The zero-order valence-corrected chi connectivity index (χ0v) is 16.7. The molecule has 0 bridgehead atoms. The van der Waals surface area contributed by atoms with E-state index in [1.165, 1.54) is 5.56 Å². The van der Waals surface area contributed by atoms with Crippen LogP contribution in [-0.4, -0.2) is 22.2 Å². The monoisotopic (exact) mass is 392 g/mol. The normalized spacial score (nSPS) is 10.3. The molecule has 0 amide bonds. The zero-order valence-electron chi connectivity index (χ0n) is 15.8. The van der Waals surface area contributed by atoms with E-state index in [1.54, 1.807) is 19.2 Å². The number of benzene rings is 3. The Labute approximate surface area is 171 Å². The predicted octanol–water partition coefficient (Wildman–Crippen LogP) is 4.48. The van der Waals surface area contributed by atoms with Crippen LogP contribution in [0, 0.1) is 0 Å². The Bertz CT molecular complexity index is 881. The molecule has 144 valence electrons. The van der Waals surface area contributed by atoms with Gasteiger partial charge in [0.05, 0.1) is 7.11 Å². The Morgan fingerprint density at radius 1 is 0.857 bits per heavy atom. The van der Waals surface area contributed by atoms with Gasteiger partial charge in [-0.1, -0.05) is 54.6 Å². The summed E-state index contributed by atoms with van der Waals surface area (Å²) in [5.74, 6) is 1.09. The van der Waals surface area contributed by atoms with Crippen molar-refractivity contribution in [3.8, 4) is 11.5 Å². The van der Waals surface area contributed by atoms with E-state index < -0.39 is 0 Å². The van der Waals surface area contributed by atoms with Gasteiger partial charge < -0.3 is 20.1 Å². The van der Waals surface area contributed by atoms with Crippen LogP contribution in [0.5, 0.6) is 11.5 Å². The molecule has 0 aliphatic rings. The van der Waals surface area contributed by atoms with Crippen LogP contribution >= 0.6 is 12.2 Å². The van der Waals surface area contributed by atoms with Crippen LogP contribution in [0.15, 0.2) is 78.9 Å². The van der Waals surface area contributed by atoms with Crippen molar-refractivity contribution in [3.05, 3.63) is 95.6 Å². The first-order valence-electron chi connectivity index (χ1n) is 9.11. The number of nitrogens with one attached hydrogen (secondary N) is 1. The van der Waals surface area contributed by atoms with Crippen molar-refractivity contribution in [3.63, 3.8) is 0 Å². The highest BCUT2D eigenvalue weighted by Gasteiger charge is 2.12. The minimum Gasteiger partial charge on any atom is -0.508 e. The minimum absolute atomic E-state index is 0.259. The third-order valence-electron chi connectivity index (χ3n) is 4.42. The molecule has 0 saturated heterocycles. The molecule has 3 rings (SSSR count). The molecule has 28 heavy (non-hydrogen) atoms. The van der Waals surface area contributed by atoms with Crippen LogP contribution in [0.4, 0.5) is 0 Å². The summed E-state index contributed by atoms with van der Waals surface area (Å²) in [6.07, 6.45) is 0. The van der Waals surface area contributed by atoms with Gasteiger partial charge in [-0.3, -0.25) is 0 Å². The lowest BCUT2D eigenvalue weighted by Gasteiger charge is -2.26. The maximum atomic E-state index is 9.53. The first-order chi connectivity index (χ1) is 13.6. The highest BCUT2D eigenvalue weighted by atomic mass is 32.1. The zero-order chi connectivity index (χ0) is 19.8. The van der Waals surface area contributed by atoms with E-state index in [9.17, 15) is 5.11 Å². The van der Waals surface area contributed by atoms with Crippen molar-refractivity contribution in [2.75, 3.05) is 7.11 Å². The van der Waals surface area contributed by atoms with E-state index >= 15 is 0 Å². The third kappa shape index (κ3) is 5.72. The fourth-order valence-corrected chi connectivity index (χ4v) is 3.06. The van der Waals surface area contributed by atoms with Crippen LogP contribution in [-0.2, 0) is 19.6 Å². The summed E-state index contributed by atoms with van der Waals surface area (Å²) < 4.78 is 5.24. The Morgan fingerprint density at radius 3 is 2.00 bits per heavy atom. The number of thiocarbonyl (C=S) groups is 1. The van der Waals surface area contributed by atoms with Crippen LogP contribution < -0.4 is 10.1 Å². The molecule has 0 fully saturated rings. The summed E-state index contributed by atoms with van der Waals surface area (Å²) in [6, 6.07) is 25.4. The molecule has 3 aromatic carbocycles. The number of rotatable bonds is 7. The Morgan fingerprint density at radius 2 is 1.43 bits per heavy atom. The summed E-state index contributed by atoms with van der Waals surface area (Å²) in [7, 11) is 1.66. The van der Waals surface area contributed by atoms with E-state index in [2.05, 4.69) is 22.3 Å². The van der Waals surface area contributed by atoms with E-state index in [0.29, 0.717) is 24.7 Å². The van der Waals surface area contributed by atoms with Crippen molar-refractivity contribution in [2.24, 2.45) is 0 Å². The molecule has 0 aromatic heterocycles. The summed E-state index contributed by atoms with van der Waals surface area (Å²) >= 11 is 5.69. The molecule has 5 heteroatoms. The SMILES string of the molecule is COc1ccc(CN(Cc2ccc(O)cc2)C(=S)NCc2ccccc2)cc1. The number of aromatic hydroxyl groups is 1. The molecule has 0 heterocycles. The molecule has 4 nitrogen and oxygen atoms in total. The first kappa shape index (κ1) is 19.7. The summed E-state index contributed by atoms with van der Waals surface area (Å²) in [4.78, 5) is 2.12. The molecule has 0 saturated carbocycles. The fourth-order valence-electron chi connectivity index (χ4n) is 2.86. The Balaban J connectivity index is 1.72. The van der Waals surface area contributed by atoms with Gasteiger partial charge in [0.25, 0.3) is 0 Å². The highest BCUT2D eigenvalue weighted by Crippen LogP contribution is 2.17. The second kappa shape index (κ2) is 9.76. The molecule has 0 aliphatic heterocycles. The second-order valence-electron chi connectivity index (χ2n) is 6.51. The molecule has 0 aliphatic carbocycles. The average Bonchev–Trinajstić information content (AvgIpc) is 2.74. The quantitative estimate of drug-likeness (QED) is 0.581. The molecule has 0 spiro atoms. The number of hydrogen-bond acceptors (Lipinski definition) is 3. The summed E-state index contributed by atoms with van der Waals surface area (Å²) in [6.45, 7) is 1.99. The van der Waals surface area contributed by atoms with E-state index in [4.69, 9.17) is 17.0 Å². The number of nitrogens with zero attached hydrogens (tertiary/aromatic N) is 1. The number of methoxy groups -OCH3 is 1. The molecular formula is C23H24N2O2S. The van der Waals surface area contributed by atoms with Crippen LogP contribution in [0.1, 0.15) is 16.7 Å².